The Balaban J connectivity index is 1.47. The lowest BCUT2D eigenvalue weighted by atomic mass is 9.98. The Kier molecular flexibility index (Phi) is 5.39. The third kappa shape index (κ3) is 3.57. The first-order valence-corrected chi connectivity index (χ1v) is 11.3. The summed E-state index contributed by atoms with van der Waals surface area (Å²) >= 11 is 0. The Morgan fingerprint density at radius 3 is 2.80 bits per heavy atom. The smallest absolute Gasteiger partial charge is 0.159 e. The molecular weight excluding hydrogens is 380 g/mol. The van der Waals surface area contributed by atoms with Gasteiger partial charge in [-0.15, -0.1) is 0 Å². The SMILES string of the molecule is CCn1ncc2c(NC3CCN(CCO)CC3)c(C3=CC4(CCCC4)ON3)cnc21. The fourth-order valence-electron chi connectivity index (χ4n) is 5.10. The lowest BCUT2D eigenvalue weighted by molar-refractivity contribution is -0.0289. The number of aromatic nitrogens is 3. The lowest BCUT2D eigenvalue weighted by Gasteiger charge is -2.33. The number of β-amino-alcohol motifs (C(OH)–C–C–N with tert-alkyl or cyclic N) is 1. The monoisotopic (exact) mass is 412 g/mol. The molecule has 1 aliphatic carbocycles. The molecule has 30 heavy (non-hydrogen) atoms. The Morgan fingerprint density at radius 2 is 2.07 bits per heavy atom. The zero-order valence-electron chi connectivity index (χ0n) is 17.7. The van der Waals surface area contributed by atoms with E-state index in [1.165, 1.54) is 12.8 Å². The highest BCUT2D eigenvalue weighted by molar-refractivity contribution is 5.95. The zero-order chi connectivity index (χ0) is 20.6. The summed E-state index contributed by atoms with van der Waals surface area (Å²) in [6.07, 6.45) is 12.8. The summed E-state index contributed by atoms with van der Waals surface area (Å²) in [6.45, 7) is 5.88. The molecule has 4 heterocycles. The van der Waals surface area contributed by atoms with Crippen LogP contribution in [0.25, 0.3) is 16.7 Å². The van der Waals surface area contributed by atoms with Gasteiger partial charge in [-0.05, 0) is 38.7 Å². The van der Waals surface area contributed by atoms with Crippen molar-refractivity contribution in [3.05, 3.63) is 24.0 Å². The van der Waals surface area contributed by atoms with E-state index in [2.05, 4.69) is 33.8 Å². The summed E-state index contributed by atoms with van der Waals surface area (Å²) in [6, 6.07) is 0.387. The number of nitrogens with one attached hydrogen (secondary N) is 2. The highest BCUT2D eigenvalue weighted by Gasteiger charge is 2.39. The molecule has 1 saturated heterocycles. The topological polar surface area (TPSA) is 87.5 Å². The van der Waals surface area contributed by atoms with Gasteiger partial charge in [-0.25, -0.2) is 9.67 Å². The van der Waals surface area contributed by atoms with Crippen molar-refractivity contribution in [1.29, 1.82) is 0 Å². The van der Waals surface area contributed by atoms with Crippen LogP contribution < -0.4 is 10.8 Å². The van der Waals surface area contributed by atoms with Gasteiger partial charge in [0.2, 0.25) is 0 Å². The van der Waals surface area contributed by atoms with Crippen molar-refractivity contribution in [2.75, 3.05) is 31.6 Å². The molecule has 0 aromatic carbocycles. The number of hydroxylamine groups is 1. The van der Waals surface area contributed by atoms with Crippen molar-refractivity contribution >= 4 is 22.4 Å². The number of pyridine rings is 1. The van der Waals surface area contributed by atoms with Gasteiger partial charge in [-0.3, -0.25) is 10.3 Å². The molecule has 5 rings (SSSR count). The Labute approximate surface area is 177 Å². The van der Waals surface area contributed by atoms with Crippen LogP contribution in [0.1, 0.15) is 51.0 Å². The molecule has 0 atom stereocenters. The molecule has 1 saturated carbocycles. The average Bonchev–Trinajstić information content (AvgIpc) is 3.50. The standard InChI is InChI=1S/C22H32N6O2/c1-2-28-21-18(15-24-28)20(25-16-5-9-27(10-6-16)11-12-29)17(14-23-21)19-13-22(30-26-19)7-3-4-8-22/h13-16,26,29H,2-12H2,1H3,(H,23,25). The maximum Gasteiger partial charge on any atom is 0.159 e. The number of nitrogens with zero attached hydrogens (tertiary/aromatic N) is 4. The first-order chi connectivity index (χ1) is 14.7. The van der Waals surface area contributed by atoms with E-state index in [0.717, 1.165) is 79.8 Å². The molecule has 2 fully saturated rings. The van der Waals surface area contributed by atoms with Gasteiger partial charge in [0, 0.05) is 44.0 Å². The number of rotatable bonds is 6. The van der Waals surface area contributed by atoms with Gasteiger partial charge < -0.3 is 15.3 Å². The number of piperidine rings is 1. The normalized spacial score (nSPS) is 22.0. The summed E-state index contributed by atoms with van der Waals surface area (Å²) in [7, 11) is 0. The van der Waals surface area contributed by atoms with Crippen LogP contribution in [0, 0.1) is 0 Å². The number of anilines is 1. The fourth-order valence-corrected chi connectivity index (χ4v) is 5.10. The first kappa shape index (κ1) is 19.8. The molecule has 1 spiro atoms. The van der Waals surface area contributed by atoms with Crippen LogP contribution in [0.15, 0.2) is 18.5 Å². The summed E-state index contributed by atoms with van der Waals surface area (Å²) < 4.78 is 1.94. The van der Waals surface area contributed by atoms with E-state index in [0.29, 0.717) is 6.04 Å². The number of aliphatic hydroxyl groups excluding tert-OH is 1. The van der Waals surface area contributed by atoms with E-state index in [1.54, 1.807) is 0 Å². The first-order valence-electron chi connectivity index (χ1n) is 11.3. The molecular formula is C22H32N6O2. The van der Waals surface area contributed by atoms with Crippen molar-refractivity contribution in [1.82, 2.24) is 25.1 Å². The van der Waals surface area contributed by atoms with Crippen molar-refractivity contribution in [2.24, 2.45) is 0 Å². The van der Waals surface area contributed by atoms with Crippen LogP contribution in [0.4, 0.5) is 5.69 Å². The second kappa shape index (κ2) is 8.17. The summed E-state index contributed by atoms with van der Waals surface area (Å²) in [5, 5.41) is 18.6. The van der Waals surface area contributed by atoms with Gasteiger partial charge >= 0.3 is 0 Å². The van der Waals surface area contributed by atoms with Gasteiger partial charge in [0.15, 0.2) is 5.65 Å². The maximum absolute atomic E-state index is 9.21. The molecule has 162 valence electrons. The number of hydrogen-bond donors (Lipinski definition) is 3. The molecule has 8 heteroatoms. The molecule has 2 aromatic heterocycles. The molecule has 3 aliphatic rings. The molecule has 0 radical (unpaired) electrons. The Bertz CT molecular complexity index is 925. The fraction of sp³-hybridized carbons (Fsp3) is 0.636. The quantitative estimate of drug-likeness (QED) is 0.672. The van der Waals surface area contributed by atoms with Crippen LogP contribution in [-0.4, -0.2) is 62.7 Å². The van der Waals surface area contributed by atoms with Crippen LogP contribution in [0.3, 0.4) is 0 Å². The van der Waals surface area contributed by atoms with Crippen molar-refractivity contribution < 1.29 is 9.94 Å². The minimum atomic E-state index is -0.162. The van der Waals surface area contributed by atoms with Gasteiger partial charge in [-0.1, -0.05) is 12.8 Å². The third-order valence-electron chi connectivity index (χ3n) is 6.83. The maximum atomic E-state index is 9.21. The minimum Gasteiger partial charge on any atom is -0.395 e. The van der Waals surface area contributed by atoms with Crippen molar-refractivity contribution in [3.8, 4) is 0 Å². The van der Waals surface area contributed by atoms with Crippen LogP contribution in [-0.2, 0) is 11.4 Å². The largest absolute Gasteiger partial charge is 0.395 e. The van der Waals surface area contributed by atoms with E-state index >= 15 is 0 Å². The Hall–Kier alpha value is -2.16. The molecule has 3 N–H and O–H groups in total. The van der Waals surface area contributed by atoms with E-state index in [4.69, 9.17) is 9.82 Å². The number of aryl methyl sites for hydroxylation is 1. The van der Waals surface area contributed by atoms with E-state index in [-0.39, 0.29) is 12.2 Å². The van der Waals surface area contributed by atoms with Crippen molar-refractivity contribution in [3.63, 3.8) is 0 Å². The number of aliphatic hydroxyl groups is 1. The molecule has 8 nitrogen and oxygen atoms in total. The molecule has 0 bridgehead atoms. The number of hydrogen-bond acceptors (Lipinski definition) is 7. The van der Waals surface area contributed by atoms with Gasteiger partial charge in [-0.2, -0.15) is 5.10 Å². The van der Waals surface area contributed by atoms with Gasteiger partial charge in [0.25, 0.3) is 0 Å². The number of fused-ring (bicyclic) bond motifs is 1. The lowest BCUT2D eigenvalue weighted by Crippen LogP contribution is -2.40. The second-order valence-corrected chi connectivity index (χ2v) is 8.76. The van der Waals surface area contributed by atoms with E-state index in [1.807, 2.05) is 17.1 Å². The minimum absolute atomic E-state index is 0.162. The Morgan fingerprint density at radius 1 is 1.27 bits per heavy atom. The van der Waals surface area contributed by atoms with Gasteiger partial charge in [0.05, 0.1) is 29.6 Å². The summed E-state index contributed by atoms with van der Waals surface area (Å²) in [5.74, 6) is 0. The zero-order valence-corrected chi connectivity index (χ0v) is 17.7. The van der Waals surface area contributed by atoms with Crippen LogP contribution in [0.2, 0.25) is 0 Å². The third-order valence-corrected chi connectivity index (χ3v) is 6.83. The summed E-state index contributed by atoms with van der Waals surface area (Å²) in [5.41, 5.74) is 7.12. The molecule has 0 amide bonds. The highest BCUT2D eigenvalue weighted by Crippen LogP contribution is 2.41. The van der Waals surface area contributed by atoms with Gasteiger partial charge in [0.1, 0.15) is 5.60 Å². The van der Waals surface area contributed by atoms with E-state index in [9.17, 15) is 5.11 Å². The highest BCUT2D eigenvalue weighted by atomic mass is 16.7. The molecule has 0 unspecified atom stereocenters. The molecule has 2 aromatic rings. The molecule has 2 aliphatic heterocycles. The van der Waals surface area contributed by atoms with Crippen LogP contribution >= 0.6 is 0 Å². The average molecular weight is 413 g/mol. The van der Waals surface area contributed by atoms with Crippen molar-refractivity contribution in [2.45, 2.75) is 63.6 Å². The van der Waals surface area contributed by atoms with Crippen LogP contribution in [0.5, 0.6) is 0 Å². The van der Waals surface area contributed by atoms with E-state index < -0.39 is 0 Å². The second-order valence-electron chi connectivity index (χ2n) is 8.76. The predicted octanol–water partition coefficient (Wildman–Crippen LogP) is 2.51. The predicted molar refractivity (Wildman–Crippen MR) is 117 cm³/mol. The number of likely N-dealkylation sites (tertiary alicyclic amines) is 1. The summed E-state index contributed by atoms with van der Waals surface area (Å²) in [4.78, 5) is 13.1.